The van der Waals surface area contributed by atoms with Crippen LogP contribution in [0.15, 0.2) is 348 Å². The maximum absolute atomic E-state index is 9.66. The monoisotopic (exact) mass is 1240 g/mol. The molecule has 0 spiro atoms. The molecule has 2 heteroatoms. The standard InChI is InChI=1S/2C46H28O/c1-3-14-33-29(11-1)13-9-21-36(33)44-39-18-7-5-16-37(39)43(38-17-6-8-19-40(38)44)32-25-23-31(24-26-32)35-20-10-22-41-45-34-15-4-2-12-30(34)27-28-42(45)47-46(35)41;1-2-12-33-28-34(25-20-29(33)10-1)44-39-16-7-5-14-37(39)43(38-15-6-8-17-40(38)44)32-23-21-31(22-24-32)36-18-9-19-41-45-35-13-4-3-11-30(35)26-27-42(45)47-46(36)41/h2*1-28H/i1D,2D,3D,4D,5D,6D,7D,8D,9D,10D,11D,12D,13D,14D,15D,16D,17D,18D,19D,20D,21D,22D,23D,24D,25D,26D,27D,28D;1D,2D,5D,6D,7D,8D,10D,12D,14D,15D,16D,17D,20D,25D,28D. The molecular formula is C92H56O2. The SMILES string of the molecule is [2H]c1c([2H])c(-c2c3c([2H])c([2H])c([2H])c([2H])c3c(-c3c([2H])c([2H])c([2H])c4c([2H])c([2H])c([2H])c([2H])c34)c3c([2H])c([2H])c([2H])c([2H])c23)c([2H])c([2H])c1-c1c([2H])c([2H])c([2H])c2c1oc1c([2H])c([2H])c3c([2H])c([2H])c([2H])c([2H])c3c12.[2H]c1c([2H])c([2H])c2c([2H])c(-c3c4c([2H])c([2H])c([2H])c([2H])c4c(-c4ccc(-c5cccc6c5oc5ccc7ccccc7c56)cc4)c4c([2H])c([2H])c([2H])c([2H])c34)c([2H])c([2H])c2c1[2H]. The average molecular weight is 1240 g/mol. The molecule has 2 aromatic heterocycles. The summed E-state index contributed by atoms with van der Waals surface area (Å²) in [5.41, 5.74) is -3.46. The molecule has 0 atom stereocenters. The van der Waals surface area contributed by atoms with Gasteiger partial charge in [-0.3, -0.25) is 0 Å². The average Bonchev–Trinajstić information content (AvgIpc) is 1.67. The maximum atomic E-state index is 9.66. The predicted molar refractivity (Wildman–Crippen MR) is 400 cm³/mol. The van der Waals surface area contributed by atoms with Crippen molar-refractivity contribution in [2.24, 2.45) is 0 Å². The van der Waals surface area contributed by atoms with Crippen molar-refractivity contribution in [3.05, 3.63) is 339 Å². The molecule has 0 amide bonds. The molecular weight excluding hydrogens is 1140 g/mol. The van der Waals surface area contributed by atoms with Gasteiger partial charge >= 0.3 is 0 Å². The molecule has 2 heterocycles. The normalized spacial score (nSPS) is 18.2. The van der Waals surface area contributed by atoms with Gasteiger partial charge in [-0.05, 0) is 160 Å². The summed E-state index contributed by atoms with van der Waals surface area (Å²) in [4.78, 5) is 0. The molecule has 20 aromatic rings. The van der Waals surface area contributed by atoms with E-state index < -0.39 is 369 Å². The van der Waals surface area contributed by atoms with Crippen LogP contribution in [0.25, 0.3) is 197 Å². The van der Waals surface area contributed by atoms with Crippen molar-refractivity contribution in [2.75, 3.05) is 0 Å². The van der Waals surface area contributed by atoms with Crippen molar-refractivity contribution in [3.8, 4) is 66.8 Å². The number of hydrogen-bond acceptors (Lipinski definition) is 2. The Kier molecular flexibility index (Phi) is 6.01. The molecule has 0 unspecified atom stereocenters. The van der Waals surface area contributed by atoms with Gasteiger partial charge in [0.1, 0.15) is 22.3 Å². The van der Waals surface area contributed by atoms with E-state index in [1.54, 1.807) is 24.3 Å². The van der Waals surface area contributed by atoms with Crippen molar-refractivity contribution >= 4 is 130 Å². The van der Waals surface area contributed by atoms with E-state index in [1.807, 2.05) is 54.6 Å². The fraction of sp³-hybridized carbons (Fsp3) is 0. The Hall–Kier alpha value is -12.4. The zero-order valence-corrected chi connectivity index (χ0v) is 47.8. The number of hydrogen-bond donors (Lipinski definition) is 0. The second kappa shape index (κ2) is 21.7. The Balaban J connectivity index is 0.000000178. The number of furan rings is 2. The van der Waals surface area contributed by atoms with E-state index in [0.29, 0.717) is 16.7 Å². The van der Waals surface area contributed by atoms with Crippen molar-refractivity contribution < 1.29 is 67.8 Å². The number of benzene rings is 18. The molecule has 0 bridgehead atoms. The lowest BCUT2D eigenvalue weighted by atomic mass is 9.84. The van der Waals surface area contributed by atoms with E-state index in [1.165, 1.54) is 0 Å². The second-order valence-electron chi connectivity index (χ2n) is 21.5. The maximum Gasteiger partial charge on any atom is 0.143 e. The summed E-state index contributed by atoms with van der Waals surface area (Å²) in [5, 5.41) is -3.76. The number of para-hydroxylation sites is 2. The van der Waals surface area contributed by atoms with Crippen LogP contribution in [0.3, 0.4) is 0 Å². The molecule has 0 aliphatic heterocycles. The fourth-order valence-corrected chi connectivity index (χ4v) is 12.5. The van der Waals surface area contributed by atoms with Gasteiger partial charge in [0.05, 0.1) is 58.9 Å². The van der Waals surface area contributed by atoms with Crippen molar-refractivity contribution in [2.45, 2.75) is 0 Å². The molecule has 0 aliphatic carbocycles. The van der Waals surface area contributed by atoms with Crippen LogP contribution in [-0.4, -0.2) is 0 Å². The molecule has 0 aliphatic rings. The third kappa shape index (κ3) is 8.51. The summed E-state index contributed by atoms with van der Waals surface area (Å²) >= 11 is 0. The minimum Gasteiger partial charge on any atom is -0.455 e. The van der Waals surface area contributed by atoms with Crippen molar-refractivity contribution in [3.63, 3.8) is 0 Å². The van der Waals surface area contributed by atoms with Gasteiger partial charge in [0.25, 0.3) is 0 Å². The van der Waals surface area contributed by atoms with Crippen LogP contribution in [0.2, 0.25) is 0 Å². The van der Waals surface area contributed by atoms with Crippen LogP contribution in [-0.2, 0) is 0 Å². The van der Waals surface area contributed by atoms with Gasteiger partial charge in [0.15, 0.2) is 0 Å². The van der Waals surface area contributed by atoms with Gasteiger partial charge in [-0.2, -0.15) is 0 Å². The first-order chi connectivity index (χ1) is 64.5. The molecule has 94 heavy (non-hydrogen) atoms. The molecule has 0 N–H and O–H groups in total. The summed E-state index contributed by atoms with van der Waals surface area (Å²) in [6.45, 7) is 0. The lowest BCUT2D eigenvalue weighted by Crippen LogP contribution is -1.91. The Bertz CT molecular complexity index is 8980. The Morgan fingerprint density at radius 2 is 0.649 bits per heavy atom. The van der Waals surface area contributed by atoms with Gasteiger partial charge in [0, 0.05) is 32.7 Å². The van der Waals surface area contributed by atoms with E-state index in [9.17, 15) is 20.6 Å². The molecule has 0 saturated carbocycles. The number of fused-ring (bicyclic) bond motifs is 16. The Morgan fingerprint density at radius 1 is 0.202 bits per heavy atom. The summed E-state index contributed by atoms with van der Waals surface area (Å²) in [5.74, 6) is 0. The van der Waals surface area contributed by atoms with Crippen LogP contribution in [0, 0.1) is 0 Å². The quantitative estimate of drug-likeness (QED) is 0.155. The lowest BCUT2D eigenvalue weighted by molar-refractivity contribution is 0.670. The first kappa shape index (κ1) is 26.1. The zero-order valence-electron chi connectivity index (χ0n) is 90.8. The van der Waals surface area contributed by atoms with Crippen LogP contribution >= 0.6 is 0 Å². The second-order valence-corrected chi connectivity index (χ2v) is 21.5. The highest BCUT2D eigenvalue weighted by molar-refractivity contribution is 6.26. The largest absolute Gasteiger partial charge is 0.455 e. The van der Waals surface area contributed by atoms with E-state index in [4.69, 9.17) is 47.2 Å². The highest BCUT2D eigenvalue weighted by Crippen LogP contribution is 2.49. The summed E-state index contributed by atoms with van der Waals surface area (Å²) in [6, 6.07) is -11.0. The van der Waals surface area contributed by atoms with Gasteiger partial charge in [-0.1, -0.05) is 321 Å². The fourth-order valence-electron chi connectivity index (χ4n) is 12.5. The molecule has 20 rings (SSSR count). The van der Waals surface area contributed by atoms with E-state index >= 15 is 0 Å². The van der Waals surface area contributed by atoms with E-state index in [-0.39, 0.29) is 38.1 Å². The van der Waals surface area contributed by atoms with E-state index in [2.05, 4.69) is 0 Å². The highest BCUT2D eigenvalue weighted by atomic mass is 16.3. The summed E-state index contributed by atoms with van der Waals surface area (Å²) in [7, 11) is 0. The predicted octanol–water partition coefficient (Wildman–Crippen LogP) is 26.4. The van der Waals surface area contributed by atoms with E-state index in [0.717, 1.165) is 32.7 Å². The van der Waals surface area contributed by atoms with Crippen LogP contribution in [0.5, 0.6) is 0 Å². The van der Waals surface area contributed by atoms with Crippen molar-refractivity contribution in [1.29, 1.82) is 0 Å². The first-order valence-electron chi connectivity index (χ1n) is 50.4. The van der Waals surface area contributed by atoms with Gasteiger partial charge < -0.3 is 8.83 Å². The third-order valence-corrected chi connectivity index (χ3v) is 16.6. The first-order valence-corrected chi connectivity index (χ1v) is 28.9. The molecule has 0 saturated heterocycles. The Labute approximate surface area is 602 Å². The summed E-state index contributed by atoms with van der Waals surface area (Å²) < 4.78 is 398. The third-order valence-electron chi connectivity index (χ3n) is 16.6. The van der Waals surface area contributed by atoms with Gasteiger partial charge in [0.2, 0.25) is 0 Å². The highest BCUT2D eigenvalue weighted by Gasteiger charge is 2.22. The molecule has 0 fully saturated rings. The van der Waals surface area contributed by atoms with Crippen LogP contribution in [0.1, 0.15) is 58.9 Å². The number of rotatable bonds is 6. The lowest BCUT2D eigenvalue weighted by Gasteiger charge is -2.19. The minimum absolute atomic E-state index is 0.0320. The smallest absolute Gasteiger partial charge is 0.143 e. The zero-order chi connectivity index (χ0) is 99.2. The molecule has 436 valence electrons. The van der Waals surface area contributed by atoms with Crippen LogP contribution < -0.4 is 0 Å². The Morgan fingerprint density at radius 3 is 1.33 bits per heavy atom. The van der Waals surface area contributed by atoms with Crippen LogP contribution in [0.4, 0.5) is 0 Å². The topological polar surface area (TPSA) is 26.3 Å². The molecule has 18 aromatic carbocycles. The minimum atomic E-state index is -1.10. The van der Waals surface area contributed by atoms with Gasteiger partial charge in [-0.25, -0.2) is 0 Å². The van der Waals surface area contributed by atoms with Crippen molar-refractivity contribution in [1.82, 2.24) is 0 Å². The summed E-state index contributed by atoms with van der Waals surface area (Å²) in [6.07, 6.45) is 0. The molecule has 0 radical (unpaired) electrons. The molecule has 2 nitrogen and oxygen atoms in total. The van der Waals surface area contributed by atoms with Gasteiger partial charge in [-0.15, -0.1) is 0 Å².